The van der Waals surface area contributed by atoms with Crippen molar-refractivity contribution in [2.75, 3.05) is 13.1 Å². The van der Waals surface area contributed by atoms with Crippen LogP contribution in [0.15, 0.2) is 35.4 Å². The zero-order chi connectivity index (χ0) is 15.4. The number of nitrogens with zero attached hydrogens (tertiary/aromatic N) is 2. The normalized spacial score (nSPS) is 17.5. The molecule has 1 amide bonds. The number of piperidine rings is 1. The maximum Gasteiger partial charge on any atom is 0.261 e. The number of rotatable bonds is 4. The van der Waals surface area contributed by atoms with Crippen LogP contribution < -0.4 is 16.2 Å². The van der Waals surface area contributed by atoms with Crippen LogP contribution in [-0.2, 0) is 11.3 Å². The summed E-state index contributed by atoms with van der Waals surface area (Å²) in [6.45, 7) is 2.19. The molecular weight excluding hydrogens is 316 g/mol. The minimum Gasteiger partial charge on any atom is -0.352 e. The number of carbonyl (C=O) groups excluding carboxylic acids is 1. The molecule has 0 spiro atoms. The van der Waals surface area contributed by atoms with Gasteiger partial charge in [-0.1, -0.05) is 12.1 Å². The molecule has 0 bridgehead atoms. The van der Waals surface area contributed by atoms with Crippen molar-refractivity contribution in [3.8, 4) is 0 Å². The molecule has 1 aliphatic heterocycles. The van der Waals surface area contributed by atoms with E-state index in [-0.39, 0.29) is 36.3 Å². The van der Waals surface area contributed by atoms with E-state index >= 15 is 0 Å². The summed E-state index contributed by atoms with van der Waals surface area (Å²) < 4.78 is 1.50. The fourth-order valence-electron chi connectivity index (χ4n) is 2.76. The summed E-state index contributed by atoms with van der Waals surface area (Å²) in [5.74, 6) is -0.0197. The summed E-state index contributed by atoms with van der Waals surface area (Å²) in [5, 5.41) is 6.86. The SMILES string of the molecule is Cl.O=C(CCn1cnc2ccccc2c1=O)N[C@H]1CCCNC1. The van der Waals surface area contributed by atoms with Crippen LogP contribution in [0.4, 0.5) is 0 Å². The molecule has 1 aromatic carbocycles. The van der Waals surface area contributed by atoms with E-state index in [4.69, 9.17) is 0 Å². The second-order valence-corrected chi connectivity index (χ2v) is 5.62. The van der Waals surface area contributed by atoms with Crippen molar-refractivity contribution in [3.63, 3.8) is 0 Å². The molecule has 1 fully saturated rings. The molecule has 6 nitrogen and oxygen atoms in total. The van der Waals surface area contributed by atoms with Gasteiger partial charge in [0.1, 0.15) is 0 Å². The van der Waals surface area contributed by atoms with E-state index in [1.165, 1.54) is 10.9 Å². The van der Waals surface area contributed by atoms with E-state index in [1.807, 2.05) is 18.2 Å². The first-order valence-electron chi connectivity index (χ1n) is 7.68. The van der Waals surface area contributed by atoms with Crippen molar-refractivity contribution >= 4 is 29.2 Å². The number of benzene rings is 1. The van der Waals surface area contributed by atoms with E-state index < -0.39 is 0 Å². The number of aromatic nitrogens is 2. The van der Waals surface area contributed by atoms with Gasteiger partial charge in [0, 0.05) is 25.6 Å². The van der Waals surface area contributed by atoms with Crippen molar-refractivity contribution in [3.05, 3.63) is 40.9 Å². The smallest absolute Gasteiger partial charge is 0.261 e. The lowest BCUT2D eigenvalue weighted by molar-refractivity contribution is -0.122. The standard InChI is InChI=1S/C16H20N4O2.ClH/c21-15(19-12-4-3-8-17-10-12)7-9-20-11-18-14-6-2-1-5-13(14)16(20)22;/h1-2,5-6,11-12,17H,3-4,7-10H2,(H,19,21);1H/t12-;/m0./s1. The molecule has 0 aliphatic carbocycles. The molecule has 7 heteroatoms. The Morgan fingerprint density at radius 3 is 3.00 bits per heavy atom. The third kappa shape index (κ3) is 4.30. The lowest BCUT2D eigenvalue weighted by atomic mass is 10.1. The number of hydrogen-bond acceptors (Lipinski definition) is 4. The third-order valence-electron chi connectivity index (χ3n) is 3.97. The zero-order valence-electron chi connectivity index (χ0n) is 12.8. The average molecular weight is 337 g/mol. The average Bonchev–Trinajstić information content (AvgIpc) is 2.55. The van der Waals surface area contributed by atoms with Crippen LogP contribution in [0.3, 0.4) is 0 Å². The molecule has 2 aromatic rings. The number of fused-ring (bicyclic) bond motifs is 1. The number of carbonyl (C=O) groups is 1. The molecule has 0 saturated carbocycles. The highest BCUT2D eigenvalue weighted by molar-refractivity contribution is 5.85. The molecule has 0 radical (unpaired) electrons. The maximum absolute atomic E-state index is 12.3. The molecule has 1 saturated heterocycles. The van der Waals surface area contributed by atoms with Crippen LogP contribution in [0.2, 0.25) is 0 Å². The van der Waals surface area contributed by atoms with Crippen molar-refractivity contribution < 1.29 is 4.79 Å². The first-order chi connectivity index (χ1) is 10.7. The number of amides is 1. The van der Waals surface area contributed by atoms with Crippen LogP contribution in [0.1, 0.15) is 19.3 Å². The van der Waals surface area contributed by atoms with Gasteiger partial charge in [0.15, 0.2) is 0 Å². The summed E-state index contributed by atoms with van der Waals surface area (Å²) in [6, 6.07) is 7.44. The molecule has 1 aromatic heterocycles. The van der Waals surface area contributed by atoms with Gasteiger partial charge in [-0.3, -0.25) is 14.2 Å². The molecular formula is C16H21ClN4O2. The predicted octanol–water partition coefficient (Wildman–Crippen LogP) is 1.08. The van der Waals surface area contributed by atoms with Crippen LogP contribution in [0.25, 0.3) is 10.9 Å². The number of nitrogens with one attached hydrogen (secondary N) is 2. The van der Waals surface area contributed by atoms with E-state index in [1.54, 1.807) is 6.07 Å². The fourth-order valence-corrected chi connectivity index (χ4v) is 2.76. The summed E-state index contributed by atoms with van der Waals surface area (Å²) in [5.41, 5.74) is 0.583. The Labute approximate surface area is 140 Å². The Morgan fingerprint density at radius 1 is 1.39 bits per heavy atom. The highest BCUT2D eigenvalue weighted by atomic mass is 35.5. The first kappa shape index (κ1) is 17.4. The summed E-state index contributed by atoms with van der Waals surface area (Å²) in [6.07, 6.45) is 3.89. The van der Waals surface area contributed by atoms with Crippen LogP contribution in [0, 0.1) is 0 Å². The minimum atomic E-state index is -0.0993. The molecule has 1 aliphatic rings. The quantitative estimate of drug-likeness (QED) is 0.876. The minimum absolute atomic E-state index is 0. The Bertz CT molecular complexity index is 725. The second-order valence-electron chi connectivity index (χ2n) is 5.62. The van der Waals surface area contributed by atoms with Gasteiger partial charge < -0.3 is 10.6 Å². The topological polar surface area (TPSA) is 76.0 Å². The molecule has 1 atom stereocenters. The van der Waals surface area contributed by atoms with Crippen molar-refractivity contribution in [2.45, 2.75) is 31.8 Å². The Balaban J connectivity index is 0.00000192. The van der Waals surface area contributed by atoms with E-state index in [0.29, 0.717) is 17.4 Å². The largest absolute Gasteiger partial charge is 0.352 e. The van der Waals surface area contributed by atoms with Gasteiger partial charge in [-0.15, -0.1) is 12.4 Å². The Kier molecular flexibility index (Phi) is 6.12. The summed E-state index contributed by atoms with van der Waals surface area (Å²) >= 11 is 0. The van der Waals surface area contributed by atoms with Crippen molar-refractivity contribution in [1.82, 2.24) is 20.2 Å². The number of para-hydroxylation sites is 1. The van der Waals surface area contributed by atoms with Crippen molar-refractivity contribution in [2.24, 2.45) is 0 Å². The van der Waals surface area contributed by atoms with Gasteiger partial charge in [0.05, 0.1) is 17.2 Å². The van der Waals surface area contributed by atoms with Crippen LogP contribution in [-0.4, -0.2) is 34.6 Å². The fraction of sp³-hybridized carbons (Fsp3) is 0.438. The van der Waals surface area contributed by atoms with Gasteiger partial charge in [-0.2, -0.15) is 0 Å². The number of hydrogen-bond donors (Lipinski definition) is 2. The zero-order valence-corrected chi connectivity index (χ0v) is 13.6. The van der Waals surface area contributed by atoms with E-state index in [2.05, 4.69) is 15.6 Å². The number of halogens is 1. The predicted molar refractivity (Wildman–Crippen MR) is 91.9 cm³/mol. The van der Waals surface area contributed by atoms with E-state index in [0.717, 1.165) is 25.9 Å². The van der Waals surface area contributed by atoms with Crippen molar-refractivity contribution in [1.29, 1.82) is 0 Å². The highest BCUT2D eigenvalue weighted by Gasteiger charge is 2.15. The monoisotopic (exact) mass is 336 g/mol. The van der Waals surface area contributed by atoms with Crippen LogP contribution >= 0.6 is 12.4 Å². The van der Waals surface area contributed by atoms with Gasteiger partial charge in [0.25, 0.3) is 5.56 Å². The first-order valence-corrected chi connectivity index (χ1v) is 7.68. The molecule has 124 valence electrons. The van der Waals surface area contributed by atoms with Gasteiger partial charge in [-0.25, -0.2) is 4.98 Å². The maximum atomic E-state index is 12.3. The Morgan fingerprint density at radius 2 is 2.22 bits per heavy atom. The van der Waals surface area contributed by atoms with Gasteiger partial charge >= 0.3 is 0 Å². The highest BCUT2D eigenvalue weighted by Crippen LogP contribution is 2.05. The van der Waals surface area contributed by atoms with Crippen LogP contribution in [0.5, 0.6) is 0 Å². The number of aryl methyl sites for hydroxylation is 1. The molecule has 0 unspecified atom stereocenters. The molecule has 2 heterocycles. The molecule has 23 heavy (non-hydrogen) atoms. The van der Waals surface area contributed by atoms with E-state index in [9.17, 15) is 9.59 Å². The molecule has 3 rings (SSSR count). The van der Waals surface area contributed by atoms with Gasteiger partial charge in [0.2, 0.25) is 5.91 Å². The van der Waals surface area contributed by atoms with Gasteiger partial charge in [-0.05, 0) is 31.5 Å². The second kappa shape index (κ2) is 8.08. The lowest BCUT2D eigenvalue weighted by Crippen LogP contribution is -2.45. The third-order valence-corrected chi connectivity index (χ3v) is 3.97. The lowest BCUT2D eigenvalue weighted by Gasteiger charge is -2.23. The summed E-state index contributed by atoms with van der Waals surface area (Å²) in [4.78, 5) is 28.6. The molecule has 2 N–H and O–H groups in total. The Hall–Kier alpha value is -1.92. The summed E-state index contributed by atoms with van der Waals surface area (Å²) in [7, 11) is 0.